The summed E-state index contributed by atoms with van der Waals surface area (Å²) in [6.07, 6.45) is 4.10. The molecule has 0 N–H and O–H groups in total. The third-order valence-corrected chi connectivity index (χ3v) is 6.70. The molecule has 1 aromatic carbocycles. The van der Waals surface area contributed by atoms with Crippen molar-refractivity contribution in [3.05, 3.63) is 46.6 Å². The molecule has 0 aliphatic carbocycles. The molecule has 2 heterocycles. The summed E-state index contributed by atoms with van der Waals surface area (Å²) in [5.74, 6) is -0.696. The van der Waals surface area contributed by atoms with Crippen LogP contribution in [0.1, 0.15) is 46.3 Å². The topological polar surface area (TPSA) is 81.5 Å². The summed E-state index contributed by atoms with van der Waals surface area (Å²) in [4.78, 5) is 12.2. The van der Waals surface area contributed by atoms with Crippen molar-refractivity contribution in [3.63, 3.8) is 0 Å². The van der Waals surface area contributed by atoms with Crippen LogP contribution in [0.15, 0.2) is 29.4 Å². The Morgan fingerprint density at radius 1 is 1.19 bits per heavy atom. The van der Waals surface area contributed by atoms with Gasteiger partial charge in [0.2, 0.25) is 5.03 Å². The molecule has 0 saturated carbocycles. The van der Waals surface area contributed by atoms with Gasteiger partial charge in [0.05, 0.1) is 13.7 Å². The predicted molar refractivity (Wildman–Crippen MR) is 101 cm³/mol. The standard InChI is InChI=1S/C19H25N3O4S/c1-14-7-8-15(2)16(11-14)12-21-13-17(19(23)26-3)18(20-21)27(24,25)22-9-5-4-6-10-22/h7-8,11,13H,4-6,9-10,12H2,1-3H3. The van der Waals surface area contributed by atoms with E-state index in [2.05, 4.69) is 5.10 Å². The molecule has 1 aliphatic rings. The van der Waals surface area contributed by atoms with Crippen LogP contribution in [-0.2, 0) is 21.3 Å². The number of nitrogens with zero attached hydrogens (tertiary/aromatic N) is 3. The van der Waals surface area contributed by atoms with E-state index >= 15 is 0 Å². The maximum absolute atomic E-state index is 13.1. The summed E-state index contributed by atoms with van der Waals surface area (Å²) in [5.41, 5.74) is 3.19. The van der Waals surface area contributed by atoms with E-state index in [1.165, 1.54) is 22.3 Å². The second kappa shape index (κ2) is 7.82. The molecular formula is C19H25N3O4S. The molecular weight excluding hydrogens is 366 g/mol. The van der Waals surface area contributed by atoms with Crippen molar-refractivity contribution >= 4 is 16.0 Å². The summed E-state index contributed by atoms with van der Waals surface area (Å²) in [7, 11) is -2.60. The number of aromatic nitrogens is 2. The number of carbonyl (C=O) groups excluding carboxylic acids is 1. The molecule has 2 aromatic rings. The lowest BCUT2D eigenvalue weighted by molar-refractivity contribution is 0.0596. The first kappa shape index (κ1) is 19.6. The van der Waals surface area contributed by atoms with Crippen LogP contribution in [0.4, 0.5) is 0 Å². The molecule has 7 nitrogen and oxygen atoms in total. The van der Waals surface area contributed by atoms with Crippen molar-refractivity contribution in [1.82, 2.24) is 14.1 Å². The van der Waals surface area contributed by atoms with Crippen LogP contribution in [0.25, 0.3) is 0 Å². The Labute approximate surface area is 160 Å². The van der Waals surface area contributed by atoms with Crippen molar-refractivity contribution in [2.45, 2.75) is 44.7 Å². The lowest BCUT2D eigenvalue weighted by atomic mass is 10.1. The van der Waals surface area contributed by atoms with Gasteiger partial charge in [-0.1, -0.05) is 30.2 Å². The Bertz CT molecular complexity index is 944. The van der Waals surface area contributed by atoms with Gasteiger partial charge in [-0.15, -0.1) is 0 Å². The van der Waals surface area contributed by atoms with Gasteiger partial charge in [-0.2, -0.15) is 9.40 Å². The molecule has 1 saturated heterocycles. The molecule has 0 amide bonds. The van der Waals surface area contributed by atoms with E-state index < -0.39 is 16.0 Å². The average Bonchev–Trinajstić information content (AvgIpc) is 3.09. The molecule has 0 radical (unpaired) electrons. The number of esters is 1. The summed E-state index contributed by atoms with van der Waals surface area (Å²) < 4.78 is 33.8. The van der Waals surface area contributed by atoms with Gasteiger partial charge >= 0.3 is 5.97 Å². The van der Waals surface area contributed by atoms with Crippen LogP contribution in [0.2, 0.25) is 0 Å². The molecule has 146 valence electrons. The maximum atomic E-state index is 13.1. The predicted octanol–water partition coefficient (Wildman–Crippen LogP) is 2.51. The van der Waals surface area contributed by atoms with E-state index in [9.17, 15) is 13.2 Å². The van der Waals surface area contributed by atoms with Gasteiger partial charge in [-0.25, -0.2) is 13.2 Å². The molecule has 0 bridgehead atoms. The Hall–Kier alpha value is -2.19. The number of hydrogen-bond acceptors (Lipinski definition) is 5. The number of hydrogen-bond donors (Lipinski definition) is 0. The zero-order valence-electron chi connectivity index (χ0n) is 15.9. The molecule has 1 aliphatic heterocycles. The number of ether oxygens (including phenoxy) is 1. The van der Waals surface area contributed by atoms with E-state index in [-0.39, 0.29) is 10.6 Å². The molecule has 0 atom stereocenters. The summed E-state index contributed by atoms with van der Waals surface area (Å²) in [6, 6.07) is 6.07. The molecule has 8 heteroatoms. The number of methoxy groups -OCH3 is 1. The largest absolute Gasteiger partial charge is 0.465 e. The van der Waals surface area contributed by atoms with Crippen molar-refractivity contribution in [3.8, 4) is 0 Å². The monoisotopic (exact) mass is 391 g/mol. The van der Waals surface area contributed by atoms with Crippen LogP contribution >= 0.6 is 0 Å². The fraction of sp³-hybridized carbons (Fsp3) is 0.474. The highest BCUT2D eigenvalue weighted by molar-refractivity contribution is 7.89. The fourth-order valence-electron chi connectivity index (χ4n) is 3.30. The summed E-state index contributed by atoms with van der Waals surface area (Å²) in [5, 5.41) is 4.06. The van der Waals surface area contributed by atoms with Crippen molar-refractivity contribution < 1.29 is 17.9 Å². The second-order valence-corrected chi connectivity index (χ2v) is 8.79. The number of carbonyl (C=O) groups is 1. The van der Waals surface area contributed by atoms with Crippen LogP contribution in [0.5, 0.6) is 0 Å². The average molecular weight is 391 g/mol. The lowest BCUT2D eigenvalue weighted by Gasteiger charge is -2.25. The fourth-order valence-corrected chi connectivity index (χ4v) is 4.90. The first-order chi connectivity index (χ1) is 12.8. The Kier molecular flexibility index (Phi) is 5.67. The molecule has 1 aromatic heterocycles. The van der Waals surface area contributed by atoms with Crippen LogP contribution in [0, 0.1) is 13.8 Å². The maximum Gasteiger partial charge on any atom is 0.342 e. The minimum atomic E-state index is -3.84. The zero-order chi connectivity index (χ0) is 19.6. The highest BCUT2D eigenvalue weighted by atomic mass is 32.2. The highest BCUT2D eigenvalue weighted by Crippen LogP contribution is 2.24. The Morgan fingerprint density at radius 3 is 2.56 bits per heavy atom. The normalized spacial score (nSPS) is 15.7. The van der Waals surface area contributed by atoms with Gasteiger partial charge in [-0.05, 0) is 37.8 Å². The van der Waals surface area contributed by atoms with E-state index in [1.54, 1.807) is 0 Å². The Balaban J connectivity index is 2.00. The van der Waals surface area contributed by atoms with Gasteiger partial charge in [0.25, 0.3) is 10.0 Å². The number of benzene rings is 1. The van der Waals surface area contributed by atoms with Crippen molar-refractivity contribution in [2.75, 3.05) is 20.2 Å². The first-order valence-electron chi connectivity index (χ1n) is 9.05. The smallest absolute Gasteiger partial charge is 0.342 e. The minimum absolute atomic E-state index is 0.0200. The summed E-state index contributed by atoms with van der Waals surface area (Å²) >= 11 is 0. The third-order valence-electron chi connectivity index (χ3n) is 4.87. The van der Waals surface area contributed by atoms with Crippen LogP contribution in [0.3, 0.4) is 0 Å². The van der Waals surface area contributed by atoms with Crippen molar-refractivity contribution in [2.24, 2.45) is 0 Å². The SMILES string of the molecule is COC(=O)c1cn(Cc2cc(C)ccc2C)nc1S(=O)(=O)N1CCCCC1. The second-order valence-electron chi connectivity index (χ2n) is 6.93. The van der Waals surface area contributed by atoms with E-state index in [4.69, 9.17) is 4.74 Å². The zero-order valence-corrected chi connectivity index (χ0v) is 16.8. The summed E-state index contributed by atoms with van der Waals surface area (Å²) in [6.45, 7) is 5.27. The minimum Gasteiger partial charge on any atom is -0.465 e. The first-order valence-corrected chi connectivity index (χ1v) is 10.5. The number of piperidine rings is 1. The van der Waals surface area contributed by atoms with Gasteiger partial charge in [0, 0.05) is 19.3 Å². The van der Waals surface area contributed by atoms with E-state index in [1.807, 2.05) is 32.0 Å². The molecule has 0 spiro atoms. The van der Waals surface area contributed by atoms with Gasteiger partial charge < -0.3 is 4.74 Å². The number of sulfonamides is 1. The Morgan fingerprint density at radius 2 is 1.89 bits per heavy atom. The molecule has 0 unspecified atom stereocenters. The van der Waals surface area contributed by atoms with Gasteiger partial charge in [-0.3, -0.25) is 4.68 Å². The van der Waals surface area contributed by atoms with Crippen LogP contribution in [-0.4, -0.2) is 48.7 Å². The van der Waals surface area contributed by atoms with Crippen LogP contribution < -0.4 is 0 Å². The molecule has 27 heavy (non-hydrogen) atoms. The van der Waals surface area contributed by atoms with Gasteiger partial charge in [0.1, 0.15) is 5.56 Å². The van der Waals surface area contributed by atoms with Crippen molar-refractivity contribution in [1.29, 1.82) is 0 Å². The number of rotatable bonds is 5. The molecule has 1 fully saturated rings. The quantitative estimate of drug-likeness (QED) is 0.732. The van der Waals surface area contributed by atoms with E-state index in [0.717, 1.165) is 36.0 Å². The van der Waals surface area contributed by atoms with Gasteiger partial charge in [0.15, 0.2) is 0 Å². The van der Waals surface area contributed by atoms with E-state index in [0.29, 0.717) is 19.6 Å². The highest BCUT2D eigenvalue weighted by Gasteiger charge is 2.33. The number of aryl methyl sites for hydroxylation is 2. The molecule has 3 rings (SSSR count). The lowest BCUT2D eigenvalue weighted by Crippen LogP contribution is -2.36. The third kappa shape index (κ3) is 4.06.